The van der Waals surface area contributed by atoms with Gasteiger partial charge in [-0.25, -0.2) is 0 Å². The van der Waals surface area contributed by atoms with Crippen LogP contribution in [-0.4, -0.2) is 40.6 Å². The standard InChI is InChI=1S/C16H22N2O2/c1-2-9-18(10-11-19)16(20)6-4-13-3-5-15-14(12-13)7-8-17-15/h3,5,7-8,12,17,19H,2,4,6,9-11H2,1H3. The molecule has 4 heteroatoms. The van der Waals surface area contributed by atoms with Crippen molar-refractivity contribution in [2.24, 2.45) is 0 Å². The SMILES string of the molecule is CCCN(CCO)C(=O)CCc1ccc2[nH]ccc2c1. The fraction of sp³-hybridized carbons (Fsp3) is 0.438. The van der Waals surface area contributed by atoms with Gasteiger partial charge < -0.3 is 15.0 Å². The molecule has 0 aliphatic carbocycles. The zero-order valence-corrected chi connectivity index (χ0v) is 11.9. The van der Waals surface area contributed by atoms with E-state index in [2.05, 4.69) is 17.1 Å². The van der Waals surface area contributed by atoms with Crippen LogP contribution in [0.25, 0.3) is 10.9 Å². The lowest BCUT2D eigenvalue weighted by atomic mass is 10.1. The Bertz CT molecular complexity index is 556. The highest BCUT2D eigenvalue weighted by molar-refractivity contribution is 5.80. The van der Waals surface area contributed by atoms with Crippen LogP contribution in [0.3, 0.4) is 0 Å². The summed E-state index contributed by atoms with van der Waals surface area (Å²) in [5, 5.41) is 10.2. The summed E-state index contributed by atoms with van der Waals surface area (Å²) in [7, 11) is 0. The molecular formula is C16H22N2O2. The van der Waals surface area contributed by atoms with E-state index < -0.39 is 0 Å². The fourth-order valence-electron chi connectivity index (χ4n) is 2.42. The van der Waals surface area contributed by atoms with Gasteiger partial charge in [-0.2, -0.15) is 0 Å². The van der Waals surface area contributed by atoms with Crippen molar-refractivity contribution in [1.29, 1.82) is 0 Å². The number of aliphatic hydroxyl groups is 1. The molecule has 0 unspecified atom stereocenters. The van der Waals surface area contributed by atoms with Gasteiger partial charge in [0.2, 0.25) is 5.91 Å². The maximum atomic E-state index is 12.1. The maximum Gasteiger partial charge on any atom is 0.222 e. The summed E-state index contributed by atoms with van der Waals surface area (Å²) in [6, 6.07) is 8.26. The van der Waals surface area contributed by atoms with Crippen molar-refractivity contribution in [1.82, 2.24) is 9.88 Å². The number of nitrogens with zero attached hydrogens (tertiary/aromatic N) is 1. The van der Waals surface area contributed by atoms with Crippen LogP contribution in [0.4, 0.5) is 0 Å². The number of fused-ring (bicyclic) bond motifs is 1. The molecule has 2 rings (SSSR count). The molecule has 0 aliphatic heterocycles. The molecule has 1 amide bonds. The van der Waals surface area contributed by atoms with Crippen molar-refractivity contribution >= 4 is 16.8 Å². The molecule has 0 atom stereocenters. The van der Waals surface area contributed by atoms with Gasteiger partial charge in [-0.3, -0.25) is 4.79 Å². The molecule has 0 aliphatic rings. The number of H-pyrrole nitrogens is 1. The molecule has 2 aromatic rings. The number of aryl methyl sites for hydroxylation is 1. The lowest BCUT2D eigenvalue weighted by Crippen LogP contribution is -2.34. The summed E-state index contributed by atoms with van der Waals surface area (Å²) < 4.78 is 0. The molecule has 1 heterocycles. The third-order valence-corrected chi connectivity index (χ3v) is 3.46. The van der Waals surface area contributed by atoms with Crippen LogP contribution in [0.1, 0.15) is 25.3 Å². The minimum Gasteiger partial charge on any atom is -0.395 e. The summed E-state index contributed by atoms with van der Waals surface area (Å²) in [4.78, 5) is 17.0. The van der Waals surface area contributed by atoms with Crippen LogP contribution in [0.2, 0.25) is 0 Å². The molecule has 0 saturated carbocycles. The first-order valence-electron chi connectivity index (χ1n) is 7.19. The van der Waals surface area contributed by atoms with Gasteiger partial charge in [0.05, 0.1) is 6.61 Å². The summed E-state index contributed by atoms with van der Waals surface area (Å²) in [6.45, 7) is 3.22. The zero-order valence-electron chi connectivity index (χ0n) is 11.9. The Morgan fingerprint density at radius 1 is 1.30 bits per heavy atom. The lowest BCUT2D eigenvalue weighted by molar-refractivity contribution is -0.131. The molecule has 2 N–H and O–H groups in total. The molecular weight excluding hydrogens is 252 g/mol. The van der Waals surface area contributed by atoms with Gasteiger partial charge in [0.25, 0.3) is 0 Å². The van der Waals surface area contributed by atoms with Gasteiger partial charge in [-0.15, -0.1) is 0 Å². The number of hydrogen-bond acceptors (Lipinski definition) is 2. The quantitative estimate of drug-likeness (QED) is 0.814. The smallest absolute Gasteiger partial charge is 0.222 e. The Kier molecular flexibility index (Phi) is 5.18. The number of benzene rings is 1. The first-order chi connectivity index (χ1) is 9.74. The number of carbonyl (C=O) groups excluding carboxylic acids is 1. The highest BCUT2D eigenvalue weighted by atomic mass is 16.3. The van der Waals surface area contributed by atoms with E-state index in [1.807, 2.05) is 25.3 Å². The number of aromatic amines is 1. The predicted octanol–water partition coefficient (Wildman–Crippen LogP) is 2.33. The fourth-order valence-corrected chi connectivity index (χ4v) is 2.42. The minimum absolute atomic E-state index is 0.0288. The molecule has 0 saturated heterocycles. The second kappa shape index (κ2) is 7.10. The van der Waals surface area contributed by atoms with E-state index in [1.165, 1.54) is 10.9 Å². The Morgan fingerprint density at radius 2 is 2.15 bits per heavy atom. The molecule has 108 valence electrons. The van der Waals surface area contributed by atoms with Crippen molar-refractivity contribution in [3.05, 3.63) is 36.0 Å². The van der Waals surface area contributed by atoms with E-state index in [9.17, 15) is 4.79 Å². The van der Waals surface area contributed by atoms with Gasteiger partial charge in [-0.1, -0.05) is 13.0 Å². The van der Waals surface area contributed by atoms with Crippen LogP contribution in [-0.2, 0) is 11.2 Å². The molecule has 0 bridgehead atoms. The number of aromatic nitrogens is 1. The Balaban J connectivity index is 1.94. The Hall–Kier alpha value is -1.81. The highest BCUT2D eigenvalue weighted by Crippen LogP contribution is 2.15. The van der Waals surface area contributed by atoms with Crippen molar-refractivity contribution in [2.75, 3.05) is 19.7 Å². The number of carbonyl (C=O) groups is 1. The third kappa shape index (κ3) is 3.61. The van der Waals surface area contributed by atoms with Crippen molar-refractivity contribution in [2.45, 2.75) is 26.2 Å². The van der Waals surface area contributed by atoms with Crippen molar-refractivity contribution in [3.63, 3.8) is 0 Å². The topological polar surface area (TPSA) is 56.3 Å². The molecule has 0 spiro atoms. The second-order valence-corrected chi connectivity index (χ2v) is 5.00. The molecule has 1 aromatic heterocycles. The molecule has 0 fully saturated rings. The van der Waals surface area contributed by atoms with Crippen molar-refractivity contribution in [3.8, 4) is 0 Å². The Labute approximate surface area is 119 Å². The second-order valence-electron chi connectivity index (χ2n) is 5.00. The minimum atomic E-state index is 0.0288. The van der Waals surface area contributed by atoms with E-state index >= 15 is 0 Å². The van der Waals surface area contributed by atoms with E-state index in [-0.39, 0.29) is 12.5 Å². The monoisotopic (exact) mass is 274 g/mol. The molecule has 20 heavy (non-hydrogen) atoms. The first kappa shape index (κ1) is 14.6. The largest absolute Gasteiger partial charge is 0.395 e. The molecule has 0 radical (unpaired) electrons. The normalized spacial score (nSPS) is 10.9. The average Bonchev–Trinajstić information content (AvgIpc) is 2.92. The van der Waals surface area contributed by atoms with E-state index in [0.29, 0.717) is 13.0 Å². The summed E-state index contributed by atoms with van der Waals surface area (Å²) in [6.07, 6.45) is 4.08. The van der Waals surface area contributed by atoms with Crippen LogP contribution in [0.5, 0.6) is 0 Å². The summed E-state index contributed by atoms with van der Waals surface area (Å²) in [5.41, 5.74) is 2.29. The number of aliphatic hydroxyl groups excluding tert-OH is 1. The van der Waals surface area contributed by atoms with Gasteiger partial charge in [0.15, 0.2) is 0 Å². The van der Waals surface area contributed by atoms with Gasteiger partial charge in [-0.05, 0) is 42.0 Å². The average molecular weight is 274 g/mol. The molecule has 4 nitrogen and oxygen atoms in total. The summed E-state index contributed by atoms with van der Waals surface area (Å²) >= 11 is 0. The Morgan fingerprint density at radius 3 is 2.90 bits per heavy atom. The lowest BCUT2D eigenvalue weighted by Gasteiger charge is -2.21. The number of amides is 1. The number of rotatable bonds is 7. The van der Waals surface area contributed by atoms with Crippen molar-refractivity contribution < 1.29 is 9.90 Å². The third-order valence-electron chi connectivity index (χ3n) is 3.46. The van der Waals surface area contributed by atoms with Crippen LogP contribution in [0, 0.1) is 0 Å². The molecule has 1 aromatic carbocycles. The maximum absolute atomic E-state index is 12.1. The van der Waals surface area contributed by atoms with Crippen LogP contribution >= 0.6 is 0 Å². The highest BCUT2D eigenvalue weighted by Gasteiger charge is 2.11. The predicted molar refractivity (Wildman–Crippen MR) is 80.6 cm³/mol. The van der Waals surface area contributed by atoms with Crippen LogP contribution < -0.4 is 0 Å². The zero-order chi connectivity index (χ0) is 14.4. The number of hydrogen-bond donors (Lipinski definition) is 2. The summed E-state index contributed by atoms with van der Waals surface area (Å²) in [5.74, 6) is 0.120. The van der Waals surface area contributed by atoms with E-state index in [0.717, 1.165) is 24.9 Å². The first-order valence-corrected chi connectivity index (χ1v) is 7.19. The van der Waals surface area contributed by atoms with Gasteiger partial charge in [0.1, 0.15) is 0 Å². The van der Waals surface area contributed by atoms with Gasteiger partial charge in [0, 0.05) is 31.2 Å². The van der Waals surface area contributed by atoms with E-state index in [4.69, 9.17) is 5.11 Å². The van der Waals surface area contributed by atoms with Crippen LogP contribution in [0.15, 0.2) is 30.5 Å². The number of nitrogens with one attached hydrogen (secondary N) is 1. The van der Waals surface area contributed by atoms with Gasteiger partial charge >= 0.3 is 0 Å². The van der Waals surface area contributed by atoms with E-state index in [1.54, 1.807) is 4.90 Å².